The lowest BCUT2D eigenvalue weighted by Gasteiger charge is -2.08. The van der Waals surface area contributed by atoms with Crippen molar-refractivity contribution in [2.45, 2.75) is 6.42 Å². The van der Waals surface area contributed by atoms with E-state index in [2.05, 4.69) is 0 Å². The van der Waals surface area contributed by atoms with Crippen LogP contribution in [0.4, 0.5) is 5.69 Å². The van der Waals surface area contributed by atoms with Gasteiger partial charge in [0.25, 0.3) is 5.69 Å². The number of carboxylic acid groups (broad SMARTS) is 2. The molecule has 0 aliphatic rings. The van der Waals surface area contributed by atoms with Gasteiger partial charge in [0.2, 0.25) is 0 Å². The number of carboxylic acids is 2. The summed E-state index contributed by atoms with van der Waals surface area (Å²) in [4.78, 5) is 45.1. The van der Waals surface area contributed by atoms with Crippen molar-refractivity contribution in [3.63, 3.8) is 0 Å². The maximum absolute atomic E-state index is 12.4. The number of nitro groups is 1. The third-order valence-corrected chi connectivity index (χ3v) is 3.64. The highest BCUT2D eigenvalue weighted by Crippen LogP contribution is 2.26. The first-order valence-electron chi connectivity index (χ1n) is 7.19. The molecule has 0 saturated carbocycles. The Hall–Kier alpha value is -3.75. The van der Waals surface area contributed by atoms with Crippen molar-refractivity contribution in [2.75, 3.05) is 7.11 Å². The lowest BCUT2D eigenvalue weighted by molar-refractivity contribution is -0.385. The molecule has 0 fully saturated rings. The summed E-state index contributed by atoms with van der Waals surface area (Å²) in [6.45, 7) is 0. The molecule has 0 unspecified atom stereocenters. The molecule has 2 N–H and O–H groups in total. The Balaban J connectivity index is 2.47. The Morgan fingerprint density at radius 2 is 1.58 bits per heavy atom. The van der Waals surface area contributed by atoms with E-state index < -0.39 is 45.9 Å². The van der Waals surface area contributed by atoms with Crippen LogP contribution in [0.15, 0.2) is 36.4 Å². The number of hydrogen-bond donors (Lipinski definition) is 2. The zero-order valence-corrected chi connectivity index (χ0v) is 13.5. The lowest BCUT2D eigenvalue weighted by atomic mass is 9.96. The Morgan fingerprint density at radius 1 is 1.04 bits per heavy atom. The Labute approximate surface area is 146 Å². The predicted octanol–water partition coefficient (Wildman–Crippen LogP) is 2.43. The van der Waals surface area contributed by atoms with Gasteiger partial charge < -0.3 is 14.9 Å². The highest BCUT2D eigenvalue weighted by molar-refractivity contribution is 6.03. The molecule has 9 nitrogen and oxygen atoms in total. The van der Waals surface area contributed by atoms with E-state index in [0.717, 1.165) is 6.07 Å². The monoisotopic (exact) mass is 359 g/mol. The maximum Gasteiger partial charge on any atom is 0.336 e. The number of aromatic carboxylic acids is 2. The second-order valence-corrected chi connectivity index (χ2v) is 5.22. The van der Waals surface area contributed by atoms with Gasteiger partial charge in [0.1, 0.15) is 5.75 Å². The van der Waals surface area contributed by atoms with E-state index in [1.165, 1.54) is 31.4 Å². The Kier molecular flexibility index (Phi) is 5.31. The van der Waals surface area contributed by atoms with Gasteiger partial charge in [-0.1, -0.05) is 0 Å². The second-order valence-electron chi connectivity index (χ2n) is 5.22. The van der Waals surface area contributed by atoms with E-state index in [-0.39, 0.29) is 11.1 Å². The number of methoxy groups -OCH3 is 1. The normalized spacial score (nSPS) is 10.2. The molecular weight excluding hydrogens is 346 g/mol. The molecule has 0 aliphatic carbocycles. The van der Waals surface area contributed by atoms with Crippen LogP contribution in [0.2, 0.25) is 0 Å². The fourth-order valence-corrected chi connectivity index (χ4v) is 2.35. The number of ketones is 1. The van der Waals surface area contributed by atoms with Gasteiger partial charge >= 0.3 is 11.9 Å². The summed E-state index contributed by atoms with van der Waals surface area (Å²) in [6, 6.07) is 7.52. The van der Waals surface area contributed by atoms with E-state index in [4.69, 9.17) is 14.9 Å². The van der Waals surface area contributed by atoms with E-state index in [0.29, 0.717) is 11.8 Å². The lowest BCUT2D eigenvalue weighted by Crippen LogP contribution is -2.13. The molecule has 0 atom stereocenters. The van der Waals surface area contributed by atoms with E-state index in [9.17, 15) is 24.5 Å². The average molecular weight is 359 g/mol. The summed E-state index contributed by atoms with van der Waals surface area (Å²) in [6.07, 6.45) is -0.456. The molecule has 0 aromatic heterocycles. The zero-order chi connectivity index (χ0) is 19.4. The molecule has 2 aromatic carbocycles. The van der Waals surface area contributed by atoms with Crippen LogP contribution in [0.1, 0.15) is 36.6 Å². The minimum absolute atomic E-state index is 0.182. The molecule has 2 aromatic rings. The molecule has 0 aliphatic heterocycles. The van der Waals surface area contributed by atoms with Crippen molar-refractivity contribution in [2.24, 2.45) is 0 Å². The highest BCUT2D eigenvalue weighted by Gasteiger charge is 2.26. The number of carbonyl (C=O) groups is 3. The number of nitrogens with zero attached hydrogens (tertiary/aromatic N) is 1. The Bertz CT molecular complexity index is 902. The molecule has 134 valence electrons. The maximum atomic E-state index is 12.4. The van der Waals surface area contributed by atoms with Crippen molar-refractivity contribution in [1.82, 2.24) is 0 Å². The molecular formula is C17H13NO8. The quantitative estimate of drug-likeness (QED) is 0.435. The van der Waals surface area contributed by atoms with Gasteiger partial charge in [0, 0.05) is 23.6 Å². The van der Waals surface area contributed by atoms with Gasteiger partial charge in [0.15, 0.2) is 5.78 Å². The van der Waals surface area contributed by atoms with Crippen LogP contribution in [0, 0.1) is 10.1 Å². The fraction of sp³-hybridized carbons (Fsp3) is 0.118. The third-order valence-electron chi connectivity index (χ3n) is 3.64. The summed E-state index contributed by atoms with van der Waals surface area (Å²) < 4.78 is 4.97. The molecule has 0 bridgehead atoms. The molecule has 0 saturated heterocycles. The van der Waals surface area contributed by atoms with Crippen molar-refractivity contribution >= 4 is 23.4 Å². The first-order valence-corrected chi connectivity index (χ1v) is 7.19. The minimum atomic E-state index is -1.61. The van der Waals surface area contributed by atoms with Gasteiger partial charge in [-0.25, -0.2) is 9.59 Å². The van der Waals surface area contributed by atoms with E-state index in [1.807, 2.05) is 0 Å². The molecule has 26 heavy (non-hydrogen) atoms. The fourth-order valence-electron chi connectivity index (χ4n) is 2.35. The van der Waals surface area contributed by atoms with Crippen LogP contribution in [0.25, 0.3) is 0 Å². The molecule has 0 amide bonds. The number of nitro benzene ring substituents is 1. The minimum Gasteiger partial charge on any atom is -0.497 e. The average Bonchev–Trinajstić information content (AvgIpc) is 2.60. The second kappa shape index (κ2) is 7.43. The van der Waals surface area contributed by atoms with Gasteiger partial charge in [-0.2, -0.15) is 0 Å². The standard InChI is InChI=1S/C17H13NO8/c1-26-11-4-2-9(3-5-11)15(19)7-10-6-12(16(20)21)13(17(22)23)8-14(10)18(24)25/h2-6,8H,7H2,1H3,(H,20,21)(H,22,23). The van der Waals surface area contributed by atoms with Gasteiger partial charge in [-0.15, -0.1) is 0 Å². The van der Waals surface area contributed by atoms with Crippen LogP contribution in [-0.4, -0.2) is 40.0 Å². The summed E-state index contributed by atoms with van der Waals surface area (Å²) in [7, 11) is 1.46. The van der Waals surface area contributed by atoms with E-state index >= 15 is 0 Å². The molecule has 0 heterocycles. The summed E-state index contributed by atoms with van der Waals surface area (Å²) in [5.41, 5.74) is -1.91. The number of Topliss-reactive ketones (excluding diaryl/α,β-unsaturated/α-hetero) is 1. The Morgan fingerprint density at radius 3 is 2.04 bits per heavy atom. The van der Waals surface area contributed by atoms with E-state index in [1.54, 1.807) is 0 Å². The molecule has 0 radical (unpaired) electrons. The van der Waals surface area contributed by atoms with Crippen molar-refractivity contribution in [3.8, 4) is 5.75 Å². The summed E-state index contributed by atoms with van der Waals surface area (Å²) in [5, 5.41) is 29.4. The largest absolute Gasteiger partial charge is 0.497 e. The highest BCUT2D eigenvalue weighted by atomic mass is 16.6. The van der Waals surface area contributed by atoms with Crippen LogP contribution in [0.3, 0.4) is 0 Å². The van der Waals surface area contributed by atoms with Crippen LogP contribution >= 0.6 is 0 Å². The first kappa shape index (κ1) is 18.6. The van der Waals surface area contributed by atoms with Crippen LogP contribution < -0.4 is 4.74 Å². The van der Waals surface area contributed by atoms with Crippen molar-refractivity contribution in [3.05, 3.63) is 68.8 Å². The molecule has 9 heteroatoms. The third kappa shape index (κ3) is 3.83. The summed E-state index contributed by atoms with van der Waals surface area (Å²) in [5.74, 6) is -3.14. The number of hydrogen-bond acceptors (Lipinski definition) is 6. The van der Waals surface area contributed by atoms with Gasteiger partial charge in [-0.3, -0.25) is 14.9 Å². The van der Waals surface area contributed by atoms with Gasteiger partial charge in [-0.05, 0) is 30.3 Å². The van der Waals surface area contributed by atoms with Crippen LogP contribution in [-0.2, 0) is 6.42 Å². The van der Waals surface area contributed by atoms with Crippen LogP contribution in [0.5, 0.6) is 5.75 Å². The smallest absolute Gasteiger partial charge is 0.336 e. The number of rotatable bonds is 7. The van der Waals surface area contributed by atoms with Crippen molar-refractivity contribution < 1.29 is 34.3 Å². The number of benzene rings is 2. The topological polar surface area (TPSA) is 144 Å². The molecule has 0 spiro atoms. The molecule has 2 rings (SSSR count). The van der Waals surface area contributed by atoms with Crippen molar-refractivity contribution in [1.29, 1.82) is 0 Å². The number of ether oxygens (including phenoxy) is 1. The summed E-state index contributed by atoms with van der Waals surface area (Å²) >= 11 is 0. The zero-order valence-electron chi connectivity index (χ0n) is 13.5. The van der Waals surface area contributed by atoms with Gasteiger partial charge in [0.05, 0.1) is 23.2 Å². The predicted molar refractivity (Wildman–Crippen MR) is 88.0 cm³/mol. The first-order chi connectivity index (χ1) is 12.2. The number of carbonyl (C=O) groups excluding carboxylic acids is 1. The SMILES string of the molecule is COc1ccc(C(=O)Cc2cc(C(=O)O)c(C(=O)O)cc2[N+](=O)[O-])cc1.